The number of aryl methyl sites for hydroxylation is 1. The number of benzene rings is 1. The van der Waals surface area contributed by atoms with Crippen LogP contribution in [-0.2, 0) is 6.42 Å². The number of nitrogens with two attached hydrogens (primary N) is 1. The number of carbonyl (C=O) groups is 1. The van der Waals surface area contributed by atoms with E-state index in [1.165, 1.54) is 0 Å². The van der Waals surface area contributed by atoms with E-state index in [1.54, 1.807) is 6.07 Å². The molecule has 1 aromatic rings. The van der Waals surface area contributed by atoms with Gasteiger partial charge in [-0.3, -0.25) is 4.79 Å². The fraction of sp³-hybridized carbons (Fsp3) is 0.300. The Balaban J connectivity index is 2.60. The lowest BCUT2D eigenvalue weighted by Gasteiger charge is -2.15. The largest absolute Gasteiger partial charge is 0.398 e. The summed E-state index contributed by atoms with van der Waals surface area (Å²) in [6.07, 6.45) is 2.61. The number of nitrogen functional groups attached to an aromatic ring is 1. The van der Waals surface area contributed by atoms with E-state index in [0.717, 1.165) is 24.0 Å². The van der Waals surface area contributed by atoms with Gasteiger partial charge in [-0.05, 0) is 24.5 Å². The Kier molecular flexibility index (Phi) is 1.61. The highest BCUT2D eigenvalue weighted by atomic mass is 16.1. The number of hydrogen-bond acceptors (Lipinski definition) is 2. The quantitative estimate of drug-likeness (QED) is 0.589. The van der Waals surface area contributed by atoms with Crippen molar-refractivity contribution in [1.82, 2.24) is 0 Å². The lowest BCUT2D eigenvalue weighted by atomic mass is 9.90. The second-order valence-electron chi connectivity index (χ2n) is 3.16. The van der Waals surface area contributed by atoms with Gasteiger partial charge in [0.05, 0.1) is 0 Å². The van der Waals surface area contributed by atoms with E-state index in [4.69, 9.17) is 5.73 Å². The Labute approximate surface area is 71.4 Å². The van der Waals surface area contributed by atoms with Crippen molar-refractivity contribution in [3.05, 3.63) is 29.3 Å². The summed E-state index contributed by atoms with van der Waals surface area (Å²) >= 11 is 0. The maximum atomic E-state index is 11.4. The molecule has 1 aliphatic rings. The first-order chi connectivity index (χ1) is 5.79. The molecule has 0 saturated heterocycles. The zero-order valence-electron chi connectivity index (χ0n) is 6.84. The van der Waals surface area contributed by atoms with Gasteiger partial charge in [-0.15, -0.1) is 0 Å². The molecule has 0 heterocycles. The van der Waals surface area contributed by atoms with Crippen molar-refractivity contribution in [3.8, 4) is 0 Å². The van der Waals surface area contributed by atoms with Gasteiger partial charge in [0.2, 0.25) is 0 Å². The molecule has 2 nitrogen and oxygen atoms in total. The Morgan fingerprint density at radius 1 is 1.25 bits per heavy atom. The highest BCUT2D eigenvalue weighted by Crippen LogP contribution is 2.25. The second kappa shape index (κ2) is 2.63. The predicted molar refractivity (Wildman–Crippen MR) is 48.1 cm³/mol. The van der Waals surface area contributed by atoms with Crippen LogP contribution < -0.4 is 5.73 Å². The average Bonchev–Trinajstić information content (AvgIpc) is 2.04. The summed E-state index contributed by atoms with van der Waals surface area (Å²) in [5.74, 6) is 0.203. The van der Waals surface area contributed by atoms with Gasteiger partial charge in [-0.1, -0.05) is 12.1 Å². The van der Waals surface area contributed by atoms with E-state index in [2.05, 4.69) is 0 Å². The minimum absolute atomic E-state index is 0.203. The molecule has 12 heavy (non-hydrogen) atoms. The number of anilines is 1. The number of fused-ring (bicyclic) bond motifs is 1. The number of hydrogen-bond donors (Lipinski definition) is 1. The molecule has 1 aliphatic carbocycles. The summed E-state index contributed by atoms with van der Waals surface area (Å²) < 4.78 is 0. The van der Waals surface area contributed by atoms with Crippen LogP contribution in [0.3, 0.4) is 0 Å². The molecule has 0 amide bonds. The number of Topliss-reactive ketones (excluding diaryl/α,β-unsaturated/α-hetero) is 1. The van der Waals surface area contributed by atoms with E-state index >= 15 is 0 Å². The second-order valence-corrected chi connectivity index (χ2v) is 3.16. The Morgan fingerprint density at radius 3 is 2.83 bits per heavy atom. The number of rotatable bonds is 0. The fourth-order valence-electron chi connectivity index (χ4n) is 1.73. The van der Waals surface area contributed by atoms with Gasteiger partial charge in [0.15, 0.2) is 5.78 Å². The van der Waals surface area contributed by atoms with Crippen molar-refractivity contribution >= 4 is 11.5 Å². The highest BCUT2D eigenvalue weighted by Gasteiger charge is 2.18. The average molecular weight is 161 g/mol. The third kappa shape index (κ3) is 0.998. The van der Waals surface area contributed by atoms with Gasteiger partial charge in [0.1, 0.15) is 0 Å². The van der Waals surface area contributed by atoms with Crippen molar-refractivity contribution < 1.29 is 4.79 Å². The van der Waals surface area contributed by atoms with Gasteiger partial charge in [-0.25, -0.2) is 0 Å². The van der Waals surface area contributed by atoms with E-state index in [1.807, 2.05) is 12.1 Å². The van der Waals surface area contributed by atoms with Gasteiger partial charge in [0, 0.05) is 17.7 Å². The molecule has 0 spiro atoms. The topological polar surface area (TPSA) is 43.1 Å². The van der Waals surface area contributed by atoms with E-state index < -0.39 is 0 Å². The van der Waals surface area contributed by atoms with Crippen LogP contribution in [0.4, 0.5) is 5.69 Å². The number of ketones is 1. The summed E-state index contributed by atoms with van der Waals surface area (Å²) in [7, 11) is 0. The summed E-state index contributed by atoms with van der Waals surface area (Å²) in [5.41, 5.74) is 8.23. The van der Waals surface area contributed by atoms with Crippen LogP contribution in [-0.4, -0.2) is 5.78 Å². The van der Waals surface area contributed by atoms with Crippen LogP contribution in [0.5, 0.6) is 0 Å². The molecule has 0 saturated carbocycles. The SMILES string of the molecule is Nc1cccc2c1C(=O)CCC2. The van der Waals surface area contributed by atoms with Gasteiger partial charge >= 0.3 is 0 Å². The molecule has 2 heteroatoms. The smallest absolute Gasteiger partial charge is 0.165 e. The molecule has 1 aromatic carbocycles. The van der Waals surface area contributed by atoms with Crippen molar-refractivity contribution in [2.45, 2.75) is 19.3 Å². The van der Waals surface area contributed by atoms with Crippen molar-refractivity contribution in [1.29, 1.82) is 0 Å². The minimum Gasteiger partial charge on any atom is -0.398 e. The van der Waals surface area contributed by atoms with Crippen LogP contribution in [0.25, 0.3) is 0 Å². The molecule has 0 radical (unpaired) electrons. The molecule has 0 aliphatic heterocycles. The fourth-order valence-corrected chi connectivity index (χ4v) is 1.73. The first kappa shape index (κ1) is 7.35. The minimum atomic E-state index is 0.203. The molecule has 0 unspecified atom stereocenters. The van der Waals surface area contributed by atoms with Crippen molar-refractivity contribution in [2.75, 3.05) is 5.73 Å². The van der Waals surface area contributed by atoms with Crippen molar-refractivity contribution in [2.24, 2.45) is 0 Å². The molecule has 0 fully saturated rings. The highest BCUT2D eigenvalue weighted by molar-refractivity contribution is 6.02. The van der Waals surface area contributed by atoms with Gasteiger partial charge in [-0.2, -0.15) is 0 Å². The lowest BCUT2D eigenvalue weighted by molar-refractivity contribution is 0.0973. The lowest BCUT2D eigenvalue weighted by Crippen LogP contribution is -2.13. The molecular weight excluding hydrogens is 150 g/mol. The Hall–Kier alpha value is -1.31. The van der Waals surface area contributed by atoms with Gasteiger partial charge in [0.25, 0.3) is 0 Å². The summed E-state index contributed by atoms with van der Waals surface area (Å²) in [6, 6.07) is 5.69. The summed E-state index contributed by atoms with van der Waals surface area (Å²) in [5, 5.41) is 0. The molecular formula is C10H11NO. The predicted octanol–water partition coefficient (Wildman–Crippen LogP) is 1.79. The van der Waals surface area contributed by atoms with Crippen LogP contribution in [0.15, 0.2) is 18.2 Å². The maximum Gasteiger partial charge on any atom is 0.165 e. The third-order valence-corrected chi connectivity index (χ3v) is 2.31. The first-order valence-electron chi connectivity index (χ1n) is 4.19. The van der Waals surface area contributed by atoms with Crippen LogP contribution in [0, 0.1) is 0 Å². The maximum absolute atomic E-state index is 11.4. The molecule has 0 atom stereocenters. The normalized spacial score (nSPS) is 15.8. The van der Waals surface area contributed by atoms with Crippen LogP contribution in [0.2, 0.25) is 0 Å². The third-order valence-electron chi connectivity index (χ3n) is 2.31. The van der Waals surface area contributed by atoms with E-state index in [9.17, 15) is 4.79 Å². The van der Waals surface area contributed by atoms with Gasteiger partial charge < -0.3 is 5.73 Å². The first-order valence-corrected chi connectivity index (χ1v) is 4.19. The number of carbonyl (C=O) groups excluding carboxylic acids is 1. The molecule has 2 N–H and O–H groups in total. The Bertz CT molecular complexity index is 331. The Morgan fingerprint density at radius 2 is 2.08 bits per heavy atom. The molecule has 0 aromatic heterocycles. The summed E-state index contributed by atoms with van der Waals surface area (Å²) in [4.78, 5) is 11.4. The molecule has 2 rings (SSSR count). The molecule has 62 valence electrons. The molecule has 0 bridgehead atoms. The standard InChI is InChI=1S/C10H11NO/c11-8-5-1-3-7-4-2-6-9(12)10(7)8/h1,3,5H,2,4,6,11H2. The van der Waals surface area contributed by atoms with E-state index in [0.29, 0.717) is 12.1 Å². The zero-order chi connectivity index (χ0) is 8.55. The van der Waals surface area contributed by atoms with E-state index in [-0.39, 0.29) is 5.78 Å². The van der Waals surface area contributed by atoms with Crippen molar-refractivity contribution in [3.63, 3.8) is 0 Å². The van der Waals surface area contributed by atoms with Crippen LogP contribution >= 0.6 is 0 Å². The monoisotopic (exact) mass is 161 g/mol. The van der Waals surface area contributed by atoms with Crippen LogP contribution in [0.1, 0.15) is 28.8 Å². The zero-order valence-corrected chi connectivity index (χ0v) is 6.84. The summed E-state index contributed by atoms with van der Waals surface area (Å²) in [6.45, 7) is 0.